The highest BCUT2D eigenvalue weighted by atomic mass is 32.1. The van der Waals surface area contributed by atoms with Gasteiger partial charge in [0, 0.05) is 44.2 Å². The molecule has 5 nitrogen and oxygen atoms in total. The normalized spacial score (nSPS) is 20.8. The first-order valence-corrected chi connectivity index (χ1v) is 9.76. The first-order chi connectivity index (χ1) is 11.7. The molecule has 128 valence electrons. The highest BCUT2D eigenvalue weighted by Gasteiger charge is 2.27. The van der Waals surface area contributed by atoms with Gasteiger partial charge in [0.2, 0.25) is 5.95 Å². The van der Waals surface area contributed by atoms with Crippen LogP contribution < -0.4 is 9.80 Å². The van der Waals surface area contributed by atoms with Gasteiger partial charge in [-0.25, -0.2) is 9.97 Å². The van der Waals surface area contributed by atoms with E-state index in [1.165, 1.54) is 49.2 Å². The van der Waals surface area contributed by atoms with Crippen LogP contribution in [-0.4, -0.2) is 42.1 Å². The fourth-order valence-corrected chi connectivity index (χ4v) is 4.93. The summed E-state index contributed by atoms with van der Waals surface area (Å²) < 4.78 is 0. The lowest BCUT2D eigenvalue weighted by molar-refractivity contribution is 0.501. The highest BCUT2D eigenvalue weighted by molar-refractivity contribution is 7.11. The second-order valence-corrected chi connectivity index (χ2v) is 8.14. The fourth-order valence-electron chi connectivity index (χ4n) is 3.65. The summed E-state index contributed by atoms with van der Waals surface area (Å²) in [6.07, 6.45) is 9.33. The van der Waals surface area contributed by atoms with Gasteiger partial charge >= 0.3 is 0 Å². The first kappa shape index (κ1) is 15.8. The van der Waals surface area contributed by atoms with Crippen LogP contribution in [0.4, 0.5) is 11.8 Å². The number of fused-ring (bicyclic) bond motifs is 1. The standard InChI is InChI=1S/C18H25N5S/c1-22(2)16-9-10-19-18(21-16)23-11-5-6-13(12-23)17-20-14-7-3-4-8-15(14)24-17/h9-10,13H,3-8,11-12H2,1-2H3. The minimum absolute atomic E-state index is 0.529. The molecule has 2 aromatic heterocycles. The van der Waals surface area contributed by atoms with Crippen LogP contribution in [0, 0.1) is 0 Å². The lowest BCUT2D eigenvalue weighted by atomic mass is 9.98. The van der Waals surface area contributed by atoms with Gasteiger partial charge in [-0.2, -0.15) is 4.98 Å². The maximum atomic E-state index is 4.99. The first-order valence-electron chi connectivity index (χ1n) is 8.94. The van der Waals surface area contributed by atoms with Crippen molar-refractivity contribution in [2.24, 2.45) is 0 Å². The Hall–Kier alpha value is -1.69. The predicted molar refractivity (Wildman–Crippen MR) is 99.3 cm³/mol. The molecule has 3 heterocycles. The van der Waals surface area contributed by atoms with Crippen molar-refractivity contribution in [3.05, 3.63) is 27.8 Å². The number of thiazole rings is 1. The predicted octanol–water partition coefficient (Wildman–Crippen LogP) is 3.26. The average molecular weight is 344 g/mol. The molecule has 1 aliphatic carbocycles. The van der Waals surface area contributed by atoms with Gasteiger partial charge in [0.05, 0.1) is 10.7 Å². The van der Waals surface area contributed by atoms with Crippen molar-refractivity contribution in [3.63, 3.8) is 0 Å². The van der Waals surface area contributed by atoms with Crippen molar-refractivity contribution in [3.8, 4) is 0 Å². The Bertz CT molecular complexity index is 688. The molecule has 1 atom stereocenters. The summed E-state index contributed by atoms with van der Waals surface area (Å²) in [7, 11) is 4.04. The molecule has 0 aromatic carbocycles. The molecule has 6 heteroatoms. The number of rotatable bonds is 3. The van der Waals surface area contributed by atoms with E-state index in [1.54, 1.807) is 4.88 Å². The van der Waals surface area contributed by atoms with Gasteiger partial charge < -0.3 is 9.80 Å². The number of aromatic nitrogens is 3. The van der Waals surface area contributed by atoms with Crippen LogP contribution in [0.1, 0.15) is 47.2 Å². The smallest absolute Gasteiger partial charge is 0.227 e. The van der Waals surface area contributed by atoms with E-state index in [-0.39, 0.29) is 0 Å². The number of aryl methyl sites for hydroxylation is 2. The molecule has 1 fully saturated rings. The number of anilines is 2. The molecule has 1 saturated heterocycles. The van der Waals surface area contributed by atoms with Gasteiger partial charge in [-0.05, 0) is 44.6 Å². The van der Waals surface area contributed by atoms with Gasteiger partial charge in [-0.15, -0.1) is 11.3 Å². The third kappa shape index (κ3) is 3.11. The summed E-state index contributed by atoms with van der Waals surface area (Å²) in [6.45, 7) is 2.03. The van der Waals surface area contributed by atoms with E-state index in [4.69, 9.17) is 9.97 Å². The number of hydrogen-bond acceptors (Lipinski definition) is 6. The van der Waals surface area contributed by atoms with E-state index in [0.29, 0.717) is 5.92 Å². The Morgan fingerprint density at radius 2 is 2.04 bits per heavy atom. The number of piperidine rings is 1. The van der Waals surface area contributed by atoms with Gasteiger partial charge in [-0.1, -0.05) is 0 Å². The lowest BCUT2D eigenvalue weighted by Crippen LogP contribution is -2.35. The van der Waals surface area contributed by atoms with Crippen LogP contribution in [0.15, 0.2) is 12.3 Å². The van der Waals surface area contributed by atoms with Crippen LogP contribution in [0.2, 0.25) is 0 Å². The molecule has 0 saturated carbocycles. The van der Waals surface area contributed by atoms with E-state index in [1.807, 2.05) is 42.6 Å². The molecule has 0 bridgehead atoms. The summed E-state index contributed by atoms with van der Waals surface area (Å²) in [4.78, 5) is 20.1. The van der Waals surface area contributed by atoms with E-state index >= 15 is 0 Å². The number of nitrogens with zero attached hydrogens (tertiary/aromatic N) is 5. The monoisotopic (exact) mass is 343 g/mol. The largest absolute Gasteiger partial charge is 0.363 e. The van der Waals surface area contributed by atoms with Gasteiger partial charge in [-0.3, -0.25) is 0 Å². The van der Waals surface area contributed by atoms with Crippen molar-refractivity contribution in [2.45, 2.75) is 44.4 Å². The van der Waals surface area contributed by atoms with E-state index in [0.717, 1.165) is 24.9 Å². The minimum atomic E-state index is 0.529. The molecule has 0 amide bonds. The van der Waals surface area contributed by atoms with E-state index < -0.39 is 0 Å². The molecule has 2 aliphatic rings. The molecular formula is C18H25N5S. The molecule has 1 unspecified atom stereocenters. The Kier molecular flexibility index (Phi) is 4.39. The zero-order valence-electron chi connectivity index (χ0n) is 14.5. The molecule has 0 N–H and O–H groups in total. The molecule has 1 aliphatic heterocycles. The van der Waals surface area contributed by atoms with Crippen molar-refractivity contribution < 1.29 is 0 Å². The summed E-state index contributed by atoms with van der Waals surface area (Å²) >= 11 is 1.96. The van der Waals surface area contributed by atoms with Crippen LogP contribution in [0.3, 0.4) is 0 Å². The summed E-state index contributed by atoms with van der Waals surface area (Å²) in [5, 5.41) is 1.34. The van der Waals surface area contributed by atoms with Crippen LogP contribution in [-0.2, 0) is 12.8 Å². The third-order valence-corrected chi connectivity index (χ3v) is 6.32. The van der Waals surface area contributed by atoms with Gasteiger partial charge in [0.25, 0.3) is 0 Å². The third-order valence-electron chi connectivity index (χ3n) is 5.00. The zero-order valence-corrected chi connectivity index (χ0v) is 15.3. The molecule has 2 aromatic rings. The topological polar surface area (TPSA) is 45.2 Å². The molecule has 0 radical (unpaired) electrons. The Morgan fingerprint density at radius 3 is 2.88 bits per heavy atom. The van der Waals surface area contributed by atoms with Crippen LogP contribution >= 0.6 is 11.3 Å². The Balaban J connectivity index is 1.53. The maximum absolute atomic E-state index is 4.99. The molecule has 4 rings (SSSR count). The van der Waals surface area contributed by atoms with E-state index in [2.05, 4.69) is 9.88 Å². The van der Waals surface area contributed by atoms with Crippen molar-refractivity contribution in [1.82, 2.24) is 15.0 Å². The van der Waals surface area contributed by atoms with Gasteiger partial charge in [0.15, 0.2) is 0 Å². The summed E-state index contributed by atoms with van der Waals surface area (Å²) in [5.41, 5.74) is 1.38. The highest BCUT2D eigenvalue weighted by Crippen LogP contribution is 2.35. The molecule has 0 spiro atoms. The Morgan fingerprint density at radius 1 is 1.17 bits per heavy atom. The lowest BCUT2D eigenvalue weighted by Gasteiger charge is -2.32. The van der Waals surface area contributed by atoms with E-state index in [9.17, 15) is 0 Å². The summed E-state index contributed by atoms with van der Waals surface area (Å²) in [5.74, 6) is 2.35. The van der Waals surface area contributed by atoms with Crippen molar-refractivity contribution in [2.75, 3.05) is 37.0 Å². The Labute approximate surface area is 147 Å². The van der Waals surface area contributed by atoms with Gasteiger partial charge in [0.1, 0.15) is 5.82 Å². The molecule has 24 heavy (non-hydrogen) atoms. The summed E-state index contributed by atoms with van der Waals surface area (Å²) in [6, 6.07) is 1.96. The van der Waals surface area contributed by atoms with Crippen molar-refractivity contribution in [1.29, 1.82) is 0 Å². The fraction of sp³-hybridized carbons (Fsp3) is 0.611. The van der Waals surface area contributed by atoms with Crippen LogP contribution in [0.5, 0.6) is 0 Å². The second kappa shape index (κ2) is 6.67. The average Bonchev–Trinajstić information content (AvgIpc) is 3.06. The SMILES string of the molecule is CN(C)c1ccnc(N2CCCC(c3nc4c(s3)CCCC4)C2)n1. The second-order valence-electron chi connectivity index (χ2n) is 7.02. The maximum Gasteiger partial charge on any atom is 0.227 e. The quantitative estimate of drug-likeness (QED) is 0.856. The zero-order chi connectivity index (χ0) is 16.5. The minimum Gasteiger partial charge on any atom is -0.363 e. The molecular weight excluding hydrogens is 318 g/mol. The van der Waals surface area contributed by atoms with Crippen LogP contribution in [0.25, 0.3) is 0 Å². The number of hydrogen-bond donors (Lipinski definition) is 0. The van der Waals surface area contributed by atoms with Crippen molar-refractivity contribution >= 4 is 23.1 Å².